The van der Waals surface area contributed by atoms with Gasteiger partial charge in [0, 0.05) is 29.1 Å². The van der Waals surface area contributed by atoms with E-state index < -0.39 is 0 Å². The van der Waals surface area contributed by atoms with Crippen LogP contribution in [-0.4, -0.2) is 17.4 Å². The van der Waals surface area contributed by atoms with E-state index in [0.29, 0.717) is 12.5 Å². The van der Waals surface area contributed by atoms with Gasteiger partial charge in [-0.1, -0.05) is 18.2 Å². The molecule has 1 aliphatic carbocycles. The minimum atomic E-state index is -0.203. The fraction of sp³-hybridized carbons (Fsp3) is 0.471. The molecular weight excluding hydrogens is 262 g/mol. The van der Waals surface area contributed by atoms with Gasteiger partial charge >= 0.3 is 0 Å². The Balaban J connectivity index is 1.65. The van der Waals surface area contributed by atoms with Gasteiger partial charge in [0.05, 0.1) is 0 Å². The third-order valence-electron chi connectivity index (χ3n) is 4.36. The number of primary amides is 1. The van der Waals surface area contributed by atoms with Crippen LogP contribution >= 0.6 is 0 Å². The van der Waals surface area contributed by atoms with Crippen molar-refractivity contribution in [2.45, 2.75) is 44.6 Å². The minimum Gasteiger partial charge on any atom is -0.370 e. The van der Waals surface area contributed by atoms with Crippen LogP contribution in [0, 0.1) is 0 Å². The number of fused-ring (bicyclic) bond motifs is 3. The van der Waals surface area contributed by atoms with Crippen LogP contribution in [0.4, 0.5) is 0 Å². The molecule has 4 nitrogen and oxygen atoms in total. The van der Waals surface area contributed by atoms with E-state index in [1.165, 1.54) is 41.4 Å². The summed E-state index contributed by atoms with van der Waals surface area (Å²) in [6, 6.07) is 8.96. The number of carbonyl (C=O) groups excluding carboxylic acids is 1. The van der Waals surface area contributed by atoms with Crippen LogP contribution in [0.2, 0.25) is 0 Å². The predicted molar refractivity (Wildman–Crippen MR) is 85.0 cm³/mol. The van der Waals surface area contributed by atoms with E-state index in [-0.39, 0.29) is 5.91 Å². The number of unbranched alkanes of at least 4 members (excludes halogenated alkanes) is 1. The van der Waals surface area contributed by atoms with Crippen LogP contribution in [0.1, 0.15) is 49.4 Å². The van der Waals surface area contributed by atoms with E-state index >= 15 is 0 Å². The lowest BCUT2D eigenvalue weighted by Crippen LogP contribution is -2.26. The maximum Gasteiger partial charge on any atom is 0.217 e. The number of hydrogen-bond donors (Lipinski definition) is 3. The van der Waals surface area contributed by atoms with Gasteiger partial charge in [0.2, 0.25) is 5.91 Å². The molecule has 0 spiro atoms. The first kappa shape index (κ1) is 14.1. The van der Waals surface area contributed by atoms with Gasteiger partial charge in [0.15, 0.2) is 0 Å². The SMILES string of the molecule is NC(=O)CCCCNC1CCCc2c1[nH]c1ccccc21. The molecule has 0 bridgehead atoms. The molecule has 2 aromatic rings. The standard InChI is InChI=1S/C17H23N3O/c18-16(21)10-3-4-11-19-15-9-5-7-13-12-6-1-2-8-14(12)20-17(13)15/h1-2,6,8,15,19-20H,3-5,7,9-11H2,(H2,18,21). The van der Waals surface area contributed by atoms with Crippen LogP contribution in [-0.2, 0) is 11.2 Å². The summed E-state index contributed by atoms with van der Waals surface area (Å²) >= 11 is 0. The molecule has 0 saturated heterocycles. The Morgan fingerprint density at radius 1 is 1.33 bits per heavy atom. The third-order valence-corrected chi connectivity index (χ3v) is 4.36. The highest BCUT2D eigenvalue weighted by molar-refractivity contribution is 5.85. The summed E-state index contributed by atoms with van der Waals surface area (Å²) in [5.41, 5.74) is 9.24. The molecule has 4 heteroatoms. The van der Waals surface area contributed by atoms with Crippen molar-refractivity contribution >= 4 is 16.8 Å². The molecule has 1 amide bonds. The highest BCUT2D eigenvalue weighted by atomic mass is 16.1. The second-order valence-electron chi connectivity index (χ2n) is 5.89. The number of rotatable bonds is 6. The zero-order valence-corrected chi connectivity index (χ0v) is 12.3. The maximum atomic E-state index is 10.7. The molecule has 1 heterocycles. The summed E-state index contributed by atoms with van der Waals surface area (Å²) in [5, 5.41) is 5.00. The molecule has 4 N–H and O–H groups in total. The highest BCUT2D eigenvalue weighted by Crippen LogP contribution is 2.34. The van der Waals surface area contributed by atoms with E-state index in [4.69, 9.17) is 5.73 Å². The van der Waals surface area contributed by atoms with E-state index in [2.05, 4.69) is 34.6 Å². The quantitative estimate of drug-likeness (QED) is 0.714. The Bertz CT molecular complexity index is 632. The predicted octanol–water partition coefficient (Wildman–Crippen LogP) is 2.79. The summed E-state index contributed by atoms with van der Waals surface area (Å²) in [6.45, 7) is 0.937. The Kier molecular flexibility index (Phi) is 4.25. The molecule has 0 fully saturated rings. The first-order valence-corrected chi connectivity index (χ1v) is 7.87. The molecule has 1 atom stereocenters. The van der Waals surface area contributed by atoms with Gasteiger partial charge in [-0.25, -0.2) is 0 Å². The van der Waals surface area contributed by atoms with Crippen LogP contribution in [0.15, 0.2) is 24.3 Å². The largest absolute Gasteiger partial charge is 0.370 e. The molecule has 0 radical (unpaired) electrons. The molecule has 1 aromatic carbocycles. The molecule has 1 aliphatic rings. The number of aromatic amines is 1. The van der Waals surface area contributed by atoms with Gasteiger partial charge in [-0.15, -0.1) is 0 Å². The van der Waals surface area contributed by atoms with Crippen molar-refractivity contribution < 1.29 is 4.79 Å². The third kappa shape index (κ3) is 3.10. The van der Waals surface area contributed by atoms with E-state index in [1.54, 1.807) is 0 Å². The monoisotopic (exact) mass is 285 g/mol. The van der Waals surface area contributed by atoms with Crippen molar-refractivity contribution in [1.29, 1.82) is 0 Å². The Morgan fingerprint density at radius 2 is 2.19 bits per heavy atom. The number of aryl methyl sites for hydroxylation is 1. The van der Waals surface area contributed by atoms with Gasteiger partial charge in [-0.2, -0.15) is 0 Å². The summed E-state index contributed by atoms with van der Waals surface area (Å²) in [4.78, 5) is 14.3. The van der Waals surface area contributed by atoms with E-state index in [0.717, 1.165) is 19.4 Å². The lowest BCUT2D eigenvalue weighted by atomic mass is 9.91. The normalized spacial score (nSPS) is 17.8. The van der Waals surface area contributed by atoms with E-state index in [1.807, 2.05) is 0 Å². The number of hydrogen-bond acceptors (Lipinski definition) is 2. The lowest BCUT2D eigenvalue weighted by molar-refractivity contribution is -0.118. The van der Waals surface area contributed by atoms with Gasteiger partial charge in [0.1, 0.15) is 0 Å². The average molecular weight is 285 g/mol. The summed E-state index contributed by atoms with van der Waals surface area (Å²) in [5.74, 6) is -0.203. The van der Waals surface area contributed by atoms with E-state index in [9.17, 15) is 4.79 Å². The molecule has 3 rings (SSSR count). The summed E-state index contributed by atoms with van der Waals surface area (Å²) < 4.78 is 0. The minimum absolute atomic E-state index is 0.203. The van der Waals surface area contributed by atoms with Crippen molar-refractivity contribution in [2.24, 2.45) is 5.73 Å². The van der Waals surface area contributed by atoms with Crippen molar-refractivity contribution in [3.05, 3.63) is 35.5 Å². The van der Waals surface area contributed by atoms with Crippen molar-refractivity contribution in [2.75, 3.05) is 6.54 Å². The number of nitrogens with two attached hydrogens (primary N) is 1. The van der Waals surface area contributed by atoms with Crippen molar-refractivity contribution in [3.63, 3.8) is 0 Å². The molecule has 1 aromatic heterocycles. The first-order chi connectivity index (χ1) is 10.3. The number of para-hydroxylation sites is 1. The number of carbonyl (C=O) groups is 1. The number of nitrogens with one attached hydrogen (secondary N) is 2. The Labute approximate surface area is 125 Å². The van der Waals surface area contributed by atoms with Gasteiger partial charge in [0.25, 0.3) is 0 Å². The molecule has 0 saturated carbocycles. The van der Waals surface area contributed by atoms with Crippen LogP contribution < -0.4 is 11.1 Å². The molecule has 0 aliphatic heterocycles. The first-order valence-electron chi connectivity index (χ1n) is 7.87. The van der Waals surface area contributed by atoms with Crippen LogP contribution in [0.5, 0.6) is 0 Å². The number of H-pyrrole nitrogens is 1. The molecular formula is C17H23N3O. The Morgan fingerprint density at radius 3 is 3.05 bits per heavy atom. The summed E-state index contributed by atoms with van der Waals surface area (Å²) in [7, 11) is 0. The fourth-order valence-electron chi connectivity index (χ4n) is 3.32. The molecule has 21 heavy (non-hydrogen) atoms. The maximum absolute atomic E-state index is 10.7. The molecule has 112 valence electrons. The van der Waals surface area contributed by atoms with Crippen molar-refractivity contribution in [1.82, 2.24) is 10.3 Å². The van der Waals surface area contributed by atoms with Gasteiger partial charge in [-0.05, 0) is 50.3 Å². The lowest BCUT2D eigenvalue weighted by Gasteiger charge is -2.24. The van der Waals surface area contributed by atoms with Gasteiger partial charge < -0.3 is 16.0 Å². The fourth-order valence-corrected chi connectivity index (χ4v) is 3.32. The second-order valence-corrected chi connectivity index (χ2v) is 5.89. The number of amides is 1. The van der Waals surface area contributed by atoms with Crippen molar-refractivity contribution in [3.8, 4) is 0 Å². The summed E-state index contributed by atoms with van der Waals surface area (Å²) in [6.07, 6.45) is 5.93. The zero-order valence-electron chi connectivity index (χ0n) is 12.3. The smallest absolute Gasteiger partial charge is 0.217 e. The van der Waals surface area contributed by atoms with Crippen LogP contribution in [0.3, 0.4) is 0 Å². The average Bonchev–Trinajstić information content (AvgIpc) is 2.86. The van der Waals surface area contributed by atoms with Crippen LogP contribution in [0.25, 0.3) is 10.9 Å². The number of benzene rings is 1. The van der Waals surface area contributed by atoms with Gasteiger partial charge in [-0.3, -0.25) is 4.79 Å². The second kappa shape index (κ2) is 6.31. The highest BCUT2D eigenvalue weighted by Gasteiger charge is 2.23. The zero-order chi connectivity index (χ0) is 14.7. The topological polar surface area (TPSA) is 70.9 Å². The number of aromatic nitrogens is 1. The Hall–Kier alpha value is -1.81. The molecule has 1 unspecified atom stereocenters.